The fourth-order valence-corrected chi connectivity index (χ4v) is 6.78. The second-order valence-electron chi connectivity index (χ2n) is 11.5. The molecule has 0 aliphatic heterocycles. The Morgan fingerprint density at radius 3 is 1.44 bits per heavy atom. The molecule has 4 aromatic rings. The van der Waals surface area contributed by atoms with Crippen molar-refractivity contribution in [1.82, 2.24) is 0 Å². The molecule has 0 saturated heterocycles. The monoisotopic (exact) mass is 635 g/mol. The molecule has 0 bridgehead atoms. The van der Waals surface area contributed by atoms with Crippen molar-refractivity contribution in [2.45, 2.75) is 92.0 Å². The van der Waals surface area contributed by atoms with Crippen LogP contribution in [-0.4, -0.2) is 6.22 Å². The number of hydrogen-bond acceptors (Lipinski definition) is 0. The van der Waals surface area contributed by atoms with E-state index in [4.69, 9.17) is 0 Å². The first-order chi connectivity index (χ1) is 15.9. The van der Waals surface area contributed by atoms with Gasteiger partial charge in [-0.15, -0.1) is 69.1 Å². The van der Waals surface area contributed by atoms with E-state index in [0.717, 1.165) is 0 Å². The van der Waals surface area contributed by atoms with Crippen LogP contribution in [0.15, 0.2) is 60.7 Å². The Morgan fingerprint density at radius 2 is 1.15 bits per heavy atom. The fourth-order valence-electron chi connectivity index (χ4n) is 4.34. The Balaban J connectivity index is 0.000000196. The van der Waals surface area contributed by atoms with Crippen LogP contribution in [0.5, 0.6) is 0 Å². The van der Waals surface area contributed by atoms with Crippen molar-refractivity contribution >= 4 is 27.8 Å². The van der Waals surface area contributed by atoms with Crippen LogP contribution in [-0.2, 0) is 33.8 Å². The molecule has 4 aromatic carbocycles. The summed E-state index contributed by atoms with van der Waals surface area (Å²) in [5, 5.41) is 5.57. The normalized spacial score (nSPS) is 11.6. The van der Waals surface area contributed by atoms with Crippen molar-refractivity contribution in [3.8, 4) is 0 Å². The first-order valence-electron chi connectivity index (χ1n) is 12.6. The first-order valence-corrected chi connectivity index (χ1v) is 19.2. The zero-order valence-electron chi connectivity index (χ0n) is 22.9. The maximum absolute atomic E-state index is 2.29. The molecule has 0 nitrogen and oxygen atoms in total. The quantitative estimate of drug-likeness (QED) is 0.120. The van der Waals surface area contributed by atoms with Crippen molar-refractivity contribution in [3.63, 3.8) is 0 Å². The van der Waals surface area contributed by atoms with Crippen molar-refractivity contribution in [3.05, 3.63) is 82.9 Å². The summed E-state index contributed by atoms with van der Waals surface area (Å²) in [4.78, 5) is 0. The van der Waals surface area contributed by atoms with E-state index in [1.165, 1.54) is 91.9 Å². The van der Waals surface area contributed by atoms with Gasteiger partial charge in [-0.05, 0) is 10.8 Å². The van der Waals surface area contributed by atoms with Gasteiger partial charge in [-0.1, -0.05) is 78.6 Å². The van der Waals surface area contributed by atoms with E-state index in [1.54, 1.807) is 0 Å². The van der Waals surface area contributed by atoms with E-state index >= 15 is 0 Å². The molecule has 0 unspecified atom stereocenters. The van der Waals surface area contributed by atoms with Crippen LogP contribution >= 0.6 is 0 Å². The fraction of sp³-hybridized carbons (Fsp3) is 0.438. The van der Waals surface area contributed by atoms with Crippen molar-refractivity contribution < 1.29 is 23.0 Å². The number of hydrogen-bond donors (Lipinski definition) is 0. The minimum Gasteiger partial charge on any atom is -0.165 e. The average molecular weight is 634 g/mol. The van der Waals surface area contributed by atoms with Crippen molar-refractivity contribution in [1.29, 1.82) is 0 Å². The standard InChI is InChI=1S/2C14H17.C4H9Si.Hf/c2*1-10-8-11-6-5-7-13(12(11)9-10)14(2,3)4;1-2-3-4-5;/h2*5-9H,1-4H3;2-4H2,1H3;/q2*-1;;+2. The Hall–Kier alpha value is -1.25. The van der Waals surface area contributed by atoms with Gasteiger partial charge in [-0.25, -0.2) is 0 Å². The molecule has 34 heavy (non-hydrogen) atoms. The summed E-state index contributed by atoms with van der Waals surface area (Å²) in [7, 11) is 0. The Morgan fingerprint density at radius 1 is 0.735 bits per heavy atom. The van der Waals surface area contributed by atoms with Gasteiger partial charge in [0, 0.05) is 0 Å². The first kappa shape index (κ1) is 29.0. The largest absolute Gasteiger partial charge is 0.165 e. The van der Waals surface area contributed by atoms with E-state index in [2.05, 4.69) is 123 Å². The smallest absolute Gasteiger partial charge is 0.0220 e. The van der Waals surface area contributed by atoms with Crippen molar-refractivity contribution in [2.24, 2.45) is 0 Å². The molecule has 0 fully saturated rings. The molecular weight excluding hydrogens is 591 g/mol. The van der Waals surface area contributed by atoms with E-state index in [-0.39, 0.29) is 10.8 Å². The van der Waals surface area contributed by atoms with Gasteiger partial charge in [0.15, 0.2) is 0 Å². The van der Waals surface area contributed by atoms with Gasteiger partial charge >= 0.3 is 55.0 Å². The Labute approximate surface area is 224 Å². The van der Waals surface area contributed by atoms with E-state index in [0.29, 0.717) is 0 Å². The summed E-state index contributed by atoms with van der Waals surface area (Å²) in [6, 6.07) is 23.8. The summed E-state index contributed by atoms with van der Waals surface area (Å²) >= 11 is 1.43. The number of rotatable bonds is 3. The SMILES string of the molecule is CCCC[Si]=[Hf+2].Cc1cc2c(C(C)(C)C)cccc2[cH-]1.Cc1cc2c(C(C)(C)C)cccc2[cH-]1. The van der Waals surface area contributed by atoms with Crippen molar-refractivity contribution in [2.75, 3.05) is 0 Å². The maximum Gasteiger partial charge on any atom is -0.0220 e. The Kier molecular flexibility index (Phi) is 10.8. The van der Waals surface area contributed by atoms with Gasteiger partial charge in [-0.3, -0.25) is 0 Å². The molecular formula is C32H43HfSi. The van der Waals surface area contributed by atoms with E-state index in [1.807, 2.05) is 0 Å². The Bertz CT molecular complexity index is 1100. The zero-order valence-corrected chi connectivity index (χ0v) is 27.5. The summed E-state index contributed by atoms with van der Waals surface area (Å²) in [6.45, 7) is 20.2. The average Bonchev–Trinajstić information content (AvgIpc) is 3.31. The van der Waals surface area contributed by atoms with Crippen LogP contribution in [0, 0.1) is 13.8 Å². The van der Waals surface area contributed by atoms with Gasteiger partial charge in [0.1, 0.15) is 0 Å². The zero-order chi connectivity index (χ0) is 25.5. The second-order valence-corrected chi connectivity index (χ2v) is 16.1. The van der Waals surface area contributed by atoms with Crippen LogP contribution in [0.1, 0.15) is 83.6 Å². The maximum atomic E-state index is 2.29. The van der Waals surface area contributed by atoms with Crippen LogP contribution < -0.4 is 0 Å². The van der Waals surface area contributed by atoms with Crippen LogP contribution in [0.2, 0.25) is 6.04 Å². The predicted molar refractivity (Wildman–Crippen MR) is 151 cm³/mol. The van der Waals surface area contributed by atoms with Crippen LogP contribution in [0.3, 0.4) is 0 Å². The van der Waals surface area contributed by atoms with Gasteiger partial charge in [0.2, 0.25) is 0 Å². The van der Waals surface area contributed by atoms with Gasteiger partial charge < -0.3 is 0 Å². The number of benzene rings is 2. The third-order valence-corrected chi connectivity index (χ3v) is 9.36. The summed E-state index contributed by atoms with van der Waals surface area (Å²) < 4.78 is 0. The summed E-state index contributed by atoms with van der Waals surface area (Å²) in [5.74, 6) is 0. The van der Waals surface area contributed by atoms with Gasteiger partial charge in [0.25, 0.3) is 0 Å². The predicted octanol–water partition coefficient (Wildman–Crippen LogP) is 9.70. The molecule has 0 amide bonds. The van der Waals surface area contributed by atoms with E-state index < -0.39 is 0 Å². The number of fused-ring (bicyclic) bond motifs is 2. The molecule has 0 aromatic heterocycles. The molecule has 0 atom stereocenters. The molecule has 0 N–H and O–H groups in total. The minimum absolute atomic E-state index is 0.236. The van der Waals surface area contributed by atoms with Crippen LogP contribution in [0.4, 0.5) is 0 Å². The van der Waals surface area contributed by atoms with E-state index in [9.17, 15) is 0 Å². The summed E-state index contributed by atoms with van der Waals surface area (Å²) in [6.07, 6.45) is 4.15. The summed E-state index contributed by atoms with van der Waals surface area (Å²) in [5.41, 5.74) is 6.08. The second kappa shape index (κ2) is 12.6. The van der Waals surface area contributed by atoms with Crippen LogP contribution in [0.25, 0.3) is 21.5 Å². The van der Waals surface area contributed by atoms with Gasteiger partial charge in [0.05, 0.1) is 0 Å². The molecule has 2 heteroatoms. The molecule has 0 aliphatic carbocycles. The topological polar surface area (TPSA) is 0 Å². The molecule has 0 spiro atoms. The number of unbranched alkanes of at least 4 members (excludes halogenated alkanes) is 1. The molecule has 0 aliphatic rings. The minimum atomic E-state index is 0.236. The third kappa shape index (κ3) is 8.16. The molecule has 0 heterocycles. The molecule has 179 valence electrons. The third-order valence-electron chi connectivity index (χ3n) is 6.06. The molecule has 4 rings (SSSR count). The van der Waals surface area contributed by atoms with Gasteiger partial charge in [-0.2, -0.15) is 12.1 Å². The number of aryl methyl sites for hydroxylation is 2. The molecule has 1 radical (unpaired) electrons. The molecule has 0 saturated carbocycles.